The molecule has 1 aliphatic carbocycles. The van der Waals surface area contributed by atoms with Gasteiger partial charge in [-0.15, -0.1) is 0 Å². The van der Waals surface area contributed by atoms with Crippen LogP contribution in [0.5, 0.6) is 0 Å². The number of rotatable bonds is 4. The first kappa shape index (κ1) is 14.4. The largest absolute Gasteiger partial charge is 0.450 e. The van der Waals surface area contributed by atoms with Gasteiger partial charge in [0.15, 0.2) is 0 Å². The van der Waals surface area contributed by atoms with E-state index < -0.39 is 0 Å². The van der Waals surface area contributed by atoms with E-state index in [1.54, 1.807) is 0 Å². The molecule has 0 saturated heterocycles. The standard InChI is InChI=1S/C18H20N2O2/c1-2-22-18(21)20-16-12-13-8-6-7-11-15(13)17(16)19-14-9-4-3-5-10-14/h3-11,16-17,19H,2,12H2,1H3,(H,20,21). The van der Waals surface area contributed by atoms with Gasteiger partial charge in [-0.25, -0.2) is 4.79 Å². The molecule has 0 fully saturated rings. The third-order valence-corrected chi connectivity index (χ3v) is 3.91. The highest BCUT2D eigenvalue weighted by molar-refractivity contribution is 5.68. The lowest BCUT2D eigenvalue weighted by atomic mass is 10.1. The zero-order valence-corrected chi connectivity index (χ0v) is 12.6. The first-order valence-electron chi connectivity index (χ1n) is 7.60. The highest BCUT2D eigenvalue weighted by Gasteiger charge is 2.33. The third-order valence-electron chi connectivity index (χ3n) is 3.91. The second-order valence-corrected chi connectivity index (χ2v) is 5.36. The van der Waals surface area contributed by atoms with Crippen molar-refractivity contribution < 1.29 is 9.53 Å². The van der Waals surface area contributed by atoms with Crippen molar-refractivity contribution in [3.63, 3.8) is 0 Å². The molecule has 2 atom stereocenters. The van der Waals surface area contributed by atoms with Gasteiger partial charge >= 0.3 is 6.09 Å². The van der Waals surface area contributed by atoms with Crippen molar-refractivity contribution in [2.45, 2.75) is 25.4 Å². The SMILES string of the molecule is CCOC(=O)NC1Cc2ccccc2C1Nc1ccccc1. The molecule has 0 bridgehead atoms. The Morgan fingerprint density at radius 2 is 1.86 bits per heavy atom. The lowest BCUT2D eigenvalue weighted by Crippen LogP contribution is -2.40. The van der Waals surface area contributed by atoms with Crippen LogP contribution in [0.1, 0.15) is 24.1 Å². The van der Waals surface area contributed by atoms with Gasteiger partial charge in [0.1, 0.15) is 0 Å². The number of carbonyl (C=O) groups is 1. The normalized spacial score (nSPS) is 19.3. The molecule has 2 unspecified atom stereocenters. The Morgan fingerprint density at radius 3 is 2.64 bits per heavy atom. The summed E-state index contributed by atoms with van der Waals surface area (Å²) in [6, 6.07) is 18.4. The Kier molecular flexibility index (Phi) is 4.28. The van der Waals surface area contributed by atoms with Crippen LogP contribution in [-0.4, -0.2) is 18.7 Å². The first-order valence-corrected chi connectivity index (χ1v) is 7.60. The minimum atomic E-state index is -0.361. The Labute approximate surface area is 130 Å². The number of nitrogens with one attached hydrogen (secondary N) is 2. The summed E-state index contributed by atoms with van der Waals surface area (Å²) in [5, 5.41) is 6.50. The predicted octanol–water partition coefficient (Wildman–Crippen LogP) is 3.51. The molecule has 0 saturated carbocycles. The molecule has 0 radical (unpaired) electrons. The fourth-order valence-electron chi connectivity index (χ4n) is 2.95. The summed E-state index contributed by atoms with van der Waals surface area (Å²) in [5.74, 6) is 0. The maximum absolute atomic E-state index is 11.8. The van der Waals surface area contributed by atoms with Crippen LogP contribution in [0.15, 0.2) is 54.6 Å². The lowest BCUT2D eigenvalue weighted by molar-refractivity contribution is 0.147. The molecule has 4 nitrogen and oxygen atoms in total. The maximum atomic E-state index is 11.8. The van der Waals surface area contributed by atoms with Crippen LogP contribution < -0.4 is 10.6 Å². The number of fused-ring (bicyclic) bond motifs is 1. The van der Waals surface area contributed by atoms with Gasteiger partial charge in [-0.05, 0) is 36.6 Å². The van der Waals surface area contributed by atoms with Crippen molar-refractivity contribution in [3.8, 4) is 0 Å². The van der Waals surface area contributed by atoms with Crippen molar-refractivity contribution in [3.05, 3.63) is 65.7 Å². The third kappa shape index (κ3) is 3.06. The van der Waals surface area contributed by atoms with Crippen molar-refractivity contribution in [1.29, 1.82) is 0 Å². The number of ether oxygens (including phenoxy) is 1. The van der Waals surface area contributed by atoms with E-state index in [-0.39, 0.29) is 18.2 Å². The highest BCUT2D eigenvalue weighted by Crippen LogP contribution is 2.34. The number of hydrogen-bond acceptors (Lipinski definition) is 3. The Hall–Kier alpha value is -2.49. The molecule has 2 aromatic carbocycles. The fraction of sp³-hybridized carbons (Fsp3) is 0.278. The van der Waals surface area contributed by atoms with E-state index in [0.29, 0.717) is 6.61 Å². The van der Waals surface area contributed by atoms with E-state index in [9.17, 15) is 4.79 Å². The summed E-state index contributed by atoms with van der Waals surface area (Å²) in [6.07, 6.45) is 0.444. The number of alkyl carbamates (subject to hydrolysis) is 1. The highest BCUT2D eigenvalue weighted by atomic mass is 16.5. The summed E-state index contributed by atoms with van der Waals surface area (Å²) in [7, 11) is 0. The van der Waals surface area contributed by atoms with Crippen molar-refractivity contribution in [2.75, 3.05) is 11.9 Å². The van der Waals surface area contributed by atoms with Gasteiger partial charge in [-0.2, -0.15) is 0 Å². The molecule has 22 heavy (non-hydrogen) atoms. The minimum absolute atomic E-state index is 0.0170. The Balaban J connectivity index is 1.82. The topological polar surface area (TPSA) is 50.4 Å². The molecule has 0 aromatic heterocycles. The second-order valence-electron chi connectivity index (χ2n) is 5.36. The summed E-state index contributed by atoms with van der Waals surface area (Å²) in [4.78, 5) is 11.8. The number of carbonyl (C=O) groups excluding carboxylic acids is 1. The molecule has 2 aromatic rings. The van der Waals surface area contributed by atoms with Crippen molar-refractivity contribution in [1.82, 2.24) is 5.32 Å². The van der Waals surface area contributed by atoms with Crippen LogP contribution in [0.3, 0.4) is 0 Å². The average Bonchev–Trinajstić information content (AvgIpc) is 2.86. The summed E-state index contributed by atoms with van der Waals surface area (Å²) < 4.78 is 5.02. The minimum Gasteiger partial charge on any atom is -0.450 e. The zero-order valence-electron chi connectivity index (χ0n) is 12.6. The molecule has 3 rings (SSSR count). The van der Waals surface area contributed by atoms with E-state index in [0.717, 1.165) is 12.1 Å². The van der Waals surface area contributed by atoms with E-state index in [4.69, 9.17) is 4.74 Å². The maximum Gasteiger partial charge on any atom is 0.407 e. The van der Waals surface area contributed by atoms with Gasteiger partial charge in [-0.3, -0.25) is 0 Å². The van der Waals surface area contributed by atoms with Gasteiger partial charge in [0.05, 0.1) is 18.7 Å². The second kappa shape index (κ2) is 6.52. The van der Waals surface area contributed by atoms with E-state index in [1.807, 2.05) is 49.4 Å². The molecular formula is C18H20N2O2. The molecule has 1 amide bonds. The van der Waals surface area contributed by atoms with Crippen molar-refractivity contribution in [2.24, 2.45) is 0 Å². The molecular weight excluding hydrogens is 276 g/mol. The number of anilines is 1. The molecule has 4 heteroatoms. The van der Waals surface area contributed by atoms with Crippen LogP contribution in [0.25, 0.3) is 0 Å². The van der Waals surface area contributed by atoms with Crippen LogP contribution in [-0.2, 0) is 11.2 Å². The summed E-state index contributed by atoms with van der Waals surface area (Å²) >= 11 is 0. The number of para-hydroxylation sites is 1. The van der Waals surface area contributed by atoms with Gasteiger partial charge in [0.2, 0.25) is 0 Å². The molecule has 2 N–H and O–H groups in total. The Bertz CT molecular complexity index is 643. The molecule has 1 aliphatic rings. The van der Waals surface area contributed by atoms with Gasteiger partial charge in [-0.1, -0.05) is 42.5 Å². The quantitative estimate of drug-likeness (QED) is 0.907. The average molecular weight is 296 g/mol. The van der Waals surface area contributed by atoms with Crippen LogP contribution in [0.2, 0.25) is 0 Å². The smallest absolute Gasteiger partial charge is 0.407 e. The van der Waals surface area contributed by atoms with Crippen LogP contribution >= 0.6 is 0 Å². The Morgan fingerprint density at radius 1 is 1.14 bits per heavy atom. The van der Waals surface area contributed by atoms with E-state index in [1.165, 1.54) is 11.1 Å². The van der Waals surface area contributed by atoms with Crippen LogP contribution in [0, 0.1) is 0 Å². The number of amides is 1. The van der Waals surface area contributed by atoms with Crippen molar-refractivity contribution >= 4 is 11.8 Å². The summed E-state index contributed by atoms with van der Waals surface area (Å²) in [6.45, 7) is 2.19. The zero-order chi connectivity index (χ0) is 15.4. The monoisotopic (exact) mass is 296 g/mol. The number of hydrogen-bond donors (Lipinski definition) is 2. The molecule has 114 valence electrons. The van der Waals surface area contributed by atoms with Gasteiger partial charge < -0.3 is 15.4 Å². The van der Waals surface area contributed by atoms with E-state index >= 15 is 0 Å². The predicted molar refractivity (Wildman–Crippen MR) is 86.9 cm³/mol. The van der Waals surface area contributed by atoms with Crippen LogP contribution in [0.4, 0.5) is 10.5 Å². The van der Waals surface area contributed by atoms with Gasteiger partial charge in [0.25, 0.3) is 0 Å². The first-order chi connectivity index (χ1) is 10.8. The fourth-order valence-corrected chi connectivity index (χ4v) is 2.95. The molecule has 0 aliphatic heterocycles. The van der Waals surface area contributed by atoms with Gasteiger partial charge in [0, 0.05) is 5.69 Å². The number of benzene rings is 2. The molecule has 0 heterocycles. The molecule has 0 spiro atoms. The lowest BCUT2D eigenvalue weighted by Gasteiger charge is -2.23. The van der Waals surface area contributed by atoms with E-state index in [2.05, 4.69) is 22.8 Å². The summed E-state index contributed by atoms with van der Waals surface area (Å²) in [5.41, 5.74) is 3.53.